The molecule has 2 aliphatic rings. The third-order valence-corrected chi connectivity index (χ3v) is 13.2. The number of hydrogen-bond acceptors (Lipinski definition) is 2. The van der Waals surface area contributed by atoms with Gasteiger partial charge < -0.3 is 9.80 Å². The summed E-state index contributed by atoms with van der Waals surface area (Å²) in [5, 5.41) is 0. The summed E-state index contributed by atoms with van der Waals surface area (Å²) >= 11 is 0. The van der Waals surface area contributed by atoms with E-state index in [1.807, 2.05) is 0 Å². The van der Waals surface area contributed by atoms with Gasteiger partial charge in [-0.05, 0) is 147 Å². The summed E-state index contributed by atoms with van der Waals surface area (Å²) in [5.74, 6) is 0. The van der Waals surface area contributed by atoms with Gasteiger partial charge in [0.15, 0.2) is 0 Å². The Kier molecular flexibility index (Phi) is 12.1. The van der Waals surface area contributed by atoms with Gasteiger partial charge in [0.1, 0.15) is 0 Å². The van der Waals surface area contributed by atoms with E-state index < -0.39 is 0 Å². The topological polar surface area (TPSA) is 6.48 Å². The smallest absolute Gasteiger partial charge is 0.0559 e. The van der Waals surface area contributed by atoms with Crippen LogP contribution in [-0.4, -0.2) is 6.04 Å². The van der Waals surface area contributed by atoms with Crippen LogP contribution in [0.15, 0.2) is 273 Å². The lowest BCUT2D eigenvalue weighted by molar-refractivity contribution is 0.785. The maximum absolute atomic E-state index is 2.47. The number of rotatable bonds is 12. The van der Waals surface area contributed by atoms with E-state index in [-0.39, 0.29) is 6.04 Å². The molecule has 0 amide bonds. The lowest BCUT2D eigenvalue weighted by Gasteiger charge is -2.33. The summed E-state index contributed by atoms with van der Waals surface area (Å²) in [4.78, 5) is 4.84. The molecule has 9 aromatic carbocycles. The Morgan fingerprint density at radius 1 is 0.324 bits per heavy atom. The van der Waals surface area contributed by atoms with Crippen molar-refractivity contribution < 1.29 is 0 Å². The van der Waals surface area contributed by atoms with Crippen LogP contribution in [0.5, 0.6) is 0 Å². The fraction of sp³-hybridized carbons (Fsp3) is 0.0606. The second-order valence-corrected chi connectivity index (χ2v) is 17.5. The first-order valence-electron chi connectivity index (χ1n) is 23.8. The molecule has 326 valence electrons. The molecular formula is C66H52N2. The van der Waals surface area contributed by atoms with Crippen LogP contribution < -0.4 is 9.80 Å². The predicted molar refractivity (Wildman–Crippen MR) is 290 cm³/mol. The van der Waals surface area contributed by atoms with E-state index in [1.54, 1.807) is 0 Å². The average Bonchev–Trinajstić information content (AvgIpc) is 3.43. The van der Waals surface area contributed by atoms with Gasteiger partial charge in [0.2, 0.25) is 0 Å². The summed E-state index contributed by atoms with van der Waals surface area (Å²) < 4.78 is 0. The van der Waals surface area contributed by atoms with Gasteiger partial charge in [0.05, 0.1) is 6.04 Å². The fourth-order valence-electron chi connectivity index (χ4n) is 9.88. The first kappa shape index (κ1) is 42.2. The standard InChI is InChI=1S/C66H52N2/c1-6-20-49(21-7-1)51-34-40-57(41-35-51)67(55-26-12-4-13-27-55)58-44-38-54(39-45-58)61-30-16-17-31-62(61)63-32-18-19-33-64(63)65-47-46-60(48-66(65)53-24-10-3-11-25-53)68(56-28-14-5-15-29-56)59-42-36-52(37-43-59)50-22-8-2-9-23-50/h1,3-8,10-26,28-48,55H,2,9,27H2. The second-order valence-electron chi connectivity index (χ2n) is 17.5. The minimum Gasteiger partial charge on any atom is -0.334 e. The van der Waals surface area contributed by atoms with E-state index in [9.17, 15) is 0 Å². The highest BCUT2D eigenvalue weighted by Gasteiger charge is 2.22. The molecule has 2 aliphatic carbocycles. The molecular weight excluding hydrogens is 821 g/mol. The lowest BCUT2D eigenvalue weighted by atomic mass is 9.86. The lowest BCUT2D eigenvalue weighted by Crippen LogP contribution is -2.29. The molecule has 68 heavy (non-hydrogen) atoms. The maximum Gasteiger partial charge on any atom is 0.0559 e. The molecule has 0 heterocycles. The first-order valence-corrected chi connectivity index (χ1v) is 23.8. The van der Waals surface area contributed by atoms with Gasteiger partial charge in [0.25, 0.3) is 0 Å². The Morgan fingerprint density at radius 3 is 1.40 bits per heavy atom. The zero-order valence-corrected chi connectivity index (χ0v) is 38.1. The Hall–Kier alpha value is -8.46. The van der Waals surface area contributed by atoms with E-state index in [1.165, 1.54) is 72.5 Å². The van der Waals surface area contributed by atoms with Crippen molar-refractivity contribution >= 4 is 34.0 Å². The SMILES string of the molecule is C1=CCC(N(c2ccc(-c3ccccc3)cc2)c2ccc(-c3ccccc3-c3ccccc3-c3ccc(N(c4ccccc4)c4ccc(C5=CCCC=C5)cc4)cc3-c3ccccc3)cc2)C=C1. The Bertz CT molecular complexity index is 3270. The van der Waals surface area contributed by atoms with E-state index >= 15 is 0 Å². The average molecular weight is 873 g/mol. The van der Waals surface area contributed by atoms with Crippen molar-refractivity contribution in [3.8, 4) is 55.6 Å². The third kappa shape index (κ3) is 8.80. The minimum absolute atomic E-state index is 0.208. The van der Waals surface area contributed by atoms with Crippen molar-refractivity contribution in [1.29, 1.82) is 0 Å². The van der Waals surface area contributed by atoms with Crippen molar-refractivity contribution in [3.05, 3.63) is 279 Å². The molecule has 0 aliphatic heterocycles. The van der Waals surface area contributed by atoms with Crippen LogP contribution in [0.3, 0.4) is 0 Å². The maximum atomic E-state index is 2.47. The van der Waals surface area contributed by atoms with Crippen LogP contribution in [0.1, 0.15) is 24.8 Å². The van der Waals surface area contributed by atoms with Gasteiger partial charge in [-0.25, -0.2) is 0 Å². The van der Waals surface area contributed by atoms with Gasteiger partial charge >= 0.3 is 0 Å². The van der Waals surface area contributed by atoms with E-state index in [0.29, 0.717) is 0 Å². The highest BCUT2D eigenvalue weighted by atomic mass is 15.2. The van der Waals surface area contributed by atoms with Crippen LogP contribution in [-0.2, 0) is 0 Å². The summed E-state index contributed by atoms with van der Waals surface area (Å²) in [5.41, 5.74) is 20.1. The number of benzene rings is 9. The normalized spacial score (nSPS) is 14.1. The van der Waals surface area contributed by atoms with Gasteiger partial charge in [-0.3, -0.25) is 0 Å². The Labute approximate surface area is 401 Å². The van der Waals surface area contributed by atoms with Crippen molar-refractivity contribution in [2.24, 2.45) is 0 Å². The van der Waals surface area contributed by atoms with Crippen molar-refractivity contribution in [3.63, 3.8) is 0 Å². The van der Waals surface area contributed by atoms with Gasteiger partial charge in [-0.1, -0.05) is 212 Å². The van der Waals surface area contributed by atoms with Gasteiger partial charge in [0, 0.05) is 28.4 Å². The number of allylic oxidation sites excluding steroid dienone is 6. The molecule has 0 saturated heterocycles. The van der Waals surface area contributed by atoms with Crippen LogP contribution in [0.25, 0.3) is 61.2 Å². The zero-order valence-electron chi connectivity index (χ0n) is 38.1. The largest absolute Gasteiger partial charge is 0.334 e. The van der Waals surface area contributed by atoms with Crippen LogP contribution in [0.2, 0.25) is 0 Å². The molecule has 0 saturated carbocycles. The molecule has 0 aromatic heterocycles. The molecule has 0 fully saturated rings. The molecule has 2 nitrogen and oxygen atoms in total. The number of anilines is 5. The highest BCUT2D eigenvalue weighted by molar-refractivity contribution is 5.97. The van der Waals surface area contributed by atoms with Crippen LogP contribution >= 0.6 is 0 Å². The van der Waals surface area contributed by atoms with E-state index in [4.69, 9.17) is 0 Å². The summed E-state index contributed by atoms with van der Waals surface area (Å²) in [6.07, 6.45) is 18.9. The molecule has 11 rings (SSSR count). The molecule has 1 atom stereocenters. The Balaban J connectivity index is 0.969. The monoisotopic (exact) mass is 872 g/mol. The first-order chi connectivity index (χ1) is 33.7. The van der Waals surface area contributed by atoms with Crippen LogP contribution in [0, 0.1) is 0 Å². The third-order valence-electron chi connectivity index (χ3n) is 13.2. The molecule has 0 bridgehead atoms. The van der Waals surface area contributed by atoms with E-state index in [2.05, 4.69) is 283 Å². The Morgan fingerprint density at radius 2 is 0.794 bits per heavy atom. The summed E-state index contributed by atoms with van der Waals surface area (Å²) in [7, 11) is 0. The van der Waals surface area contributed by atoms with Crippen molar-refractivity contribution in [2.75, 3.05) is 9.80 Å². The molecule has 9 aromatic rings. The number of para-hydroxylation sites is 1. The summed E-state index contributed by atoms with van der Waals surface area (Å²) in [6.45, 7) is 0. The van der Waals surface area contributed by atoms with Crippen LogP contribution in [0.4, 0.5) is 28.4 Å². The molecule has 0 N–H and O–H groups in total. The van der Waals surface area contributed by atoms with Gasteiger partial charge in [-0.2, -0.15) is 0 Å². The quantitative estimate of drug-likeness (QED) is 0.121. The van der Waals surface area contributed by atoms with Gasteiger partial charge in [-0.15, -0.1) is 0 Å². The minimum atomic E-state index is 0.208. The molecule has 0 radical (unpaired) electrons. The number of nitrogens with zero attached hydrogens (tertiary/aromatic N) is 2. The van der Waals surface area contributed by atoms with E-state index in [0.717, 1.165) is 42.0 Å². The second kappa shape index (κ2) is 19.6. The molecule has 1 unspecified atom stereocenters. The van der Waals surface area contributed by atoms with Crippen molar-refractivity contribution in [2.45, 2.75) is 25.3 Å². The zero-order chi connectivity index (χ0) is 45.5. The summed E-state index contributed by atoms with van der Waals surface area (Å²) in [6, 6.07) is 84.3. The van der Waals surface area contributed by atoms with Crippen molar-refractivity contribution in [1.82, 2.24) is 0 Å². The molecule has 2 heteroatoms. The highest BCUT2D eigenvalue weighted by Crippen LogP contribution is 2.45. The number of hydrogen-bond donors (Lipinski definition) is 0. The predicted octanol–water partition coefficient (Wildman–Crippen LogP) is 18.2. The molecule has 0 spiro atoms. The fourth-order valence-corrected chi connectivity index (χ4v) is 9.88.